The third-order valence-electron chi connectivity index (χ3n) is 4.54. The highest BCUT2D eigenvalue weighted by Crippen LogP contribution is 2.22. The second kappa shape index (κ2) is 7.87. The maximum Gasteiger partial charge on any atom is 0.246 e. The van der Waals surface area contributed by atoms with Gasteiger partial charge in [0.25, 0.3) is 0 Å². The number of hydrogen-bond donors (Lipinski definition) is 1. The maximum atomic E-state index is 5.43. The number of aryl methyl sites for hydroxylation is 1. The van der Waals surface area contributed by atoms with Gasteiger partial charge in [-0.2, -0.15) is 4.98 Å². The fourth-order valence-electron chi connectivity index (χ4n) is 3.09. The molecule has 4 rings (SSSR count). The van der Waals surface area contributed by atoms with E-state index < -0.39 is 0 Å². The molecular weight excluding hydrogens is 334 g/mol. The molecule has 0 aliphatic heterocycles. The van der Waals surface area contributed by atoms with Crippen LogP contribution in [0.5, 0.6) is 0 Å². The Hall–Kier alpha value is -3.40. The zero-order valence-electron chi connectivity index (χ0n) is 15.2. The lowest BCUT2D eigenvalue weighted by molar-refractivity contribution is 0.384. The summed E-state index contributed by atoms with van der Waals surface area (Å²) in [6.45, 7) is 2.54. The number of nitrogens with one attached hydrogen (secondary N) is 1. The van der Waals surface area contributed by atoms with Crippen molar-refractivity contribution < 1.29 is 4.52 Å². The van der Waals surface area contributed by atoms with Crippen LogP contribution < -0.4 is 5.32 Å². The van der Waals surface area contributed by atoms with Gasteiger partial charge in [0.2, 0.25) is 11.7 Å². The van der Waals surface area contributed by atoms with Gasteiger partial charge in [-0.1, -0.05) is 78.0 Å². The molecule has 0 amide bonds. The van der Waals surface area contributed by atoms with Crippen LogP contribution in [0.1, 0.15) is 22.6 Å². The maximum absolute atomic E-state index is 5.43. The zero-order chi connectivity index (χ0) is 18.5. The van der Waals surface area contributed by atoms with E-state index in [4.69, 9.17) is 4.52 Å². The molecule has 0 radical (unpaired) electrons. The van der Waals surface area contributed by atoms with Crippen molar-refractivity contribution in [1.29, 1.82) is 0 Å². The third-order valence-corrected chi connectivity index (χ3v) is 4.54. The van der Waals surface area contributed by atoms with Gasteiger partial charge in [-0.25, -0.2) is 0 Å². The molecule has 1 aromatic heterocycles. The molecule has 4 heteroatoms. The van der Waals surface area contributed by atoms with Crippen LogP contribution in [0, 0.1) is 6.92 Å². The number of benzene rings is 3. The van der Waals surface area contributed by atoms with E-state index in [2.05, 4.69) is 57.9 Å². The van der Waals surface area contributed by atoms with Crippen LogP contribution in [0.15, 0.2) is 83.4 Å². The molecule has 4 aromatic rings. The third kappa shape index (κ3) is 4.06. The molecule has 0 saturated carbocycles. The average molecular weight is 355 g/mol. The molecule has 0 fully saturated rings. The average Bonchev–Trinajstić information content (AvgIpc) is 3.17. The molecule has 0 unspecified atom stereocenters. The lowest BCUT2D eigenvalue weighted by Crippen LogP contribution is -2.03. The van der Waals surface area contributed by atoms with E-state index in [0.29, 0.717) is 18.3 Å². The predicted octanol–water partition coefficient (Wildman–Crippen LogP) is 5.25. The van der Waals surface area contributed by atoms with Gasteiger partial charge >= 0.3 is 0 Å². The second-order valence-electron chi connectivity index (χ2n) is 6.50. The van der Waals surface area contributed by atoms with Gasteiger partial charge in [0.1, 0.15) is 0 Å². The summed E-state index contributed by atoms with van der Waals surface area (Å²) in [6, 6.07) is 26.8. The lowest BCUT2D eigenvalue weighted by Gasteiger charge is -2.10. The smallest absolute Gasteiger partial charge is 0.246 e. The molecule has 0 saturated heterocycles. The summed E-state index contributed by atoms with van der Waals surface area (Å²) in [6.07, 6.45) is 0.877. The molecule has 0 aliphatic carbocycles. The monoisotopic (exact) mass is 355 g/mol. The first kappa shape index (κ1) is 17.0. The van der Waals surface area contributed by atoms with E-state index in [1.165, 1.54) is 11.1 Å². The highest BCUT2D eigenvalue weighted by Gasteiger charge is 2.11. The van der Waals surface area contributed by atoms with Gasteiger partial charge in [0.15, 0.2) is 0 Å². The van der Waals surface area contributed by atoms with Gasteiger partial charge in [0, 0.05) is 11.3 Å². The van der Waals surface area contributed by atoms with E-state index in [9.17, 15) is 0 Å². The molecule has 0 aliphatic rings. The highest BCUT2D eigenvalue weighted by molar-refractivity contribution is 5.59. The van der Waals surface area contributed by atoms with Crippen LogP contribution in [-0.2, 0) is 13.0 Å². The Balaban J connectivity index is 1.48. The van der Waals surface area contributed by atoms with E-state index in [0.717, 1.165) is 23.2 Å². The first-order valence-electron chi connectivity index (χ1n) is 9.04. The van der Waals surface area contributed by atoms with Crippen molar-refractivity contribution >= 4 is 5.69 Å². The van der Waals surface area contributed by atoms with E-state index in [1.807, 2.05) is 43.3 Å². The highest BCUT2D eigenvalue weighted by atomic mass is 16.5. The Labute approximate surface area is 158 Å². The molecule has 1 N–H and O–H groups in total. The SMILES string of the molecule is Cc1ccccc1-c1noc(CNc2ccccc2Cc2ccccc2)n1. The fourth-order valence-corrected chi connectivity index (χ4v) is 3.09. The summed E-state index contributed by atoms with van der Waals surface area (Å²) in [7, 11) is 0. The van der Waals surface area contributed by atoms with Crippen LogP contribution >= 0.6 is 0 Å². The minimum absolute atomic E-state index is 0.491. The van der Waals surface area contributed by atoms with Gasteiger partial charge in [-0.15, -0.1) is 0 Å². The number of anilines is 1. The van der Waals surface area contributed by atoms with E-state index >= 15 is 0 Å². The molecule has 0 bridgehead atoms. The van der Waals surface area contributed by atoms with Crippen LogP contribution in [0.3, 0.4) is 0 Å². The minimum Gasteiger partial charge on any atom is -0.376 e. The topological polar surface area (TPSA) is 51.0 Å². The summed E-state index contributed by atoms with van der Waals surface area (Å²) >= 11 is 0. The van der Waals surface area contributed by atoms with Gasteiger partial charge < -0.3 is 9.84 Å². The van der Waals surface area contributed by atoms with Crippen molar-refractivity contribution in [3.8, 4) is 11.4 Å². The van der Waals surface area contributed by atoms with Crippen molar-refractivity contribution in [2.45, 2.75) is 19.9 Å². The quantitative estimate of drug-likeness (QED) is 0.513. The number of para-hydroxylation sites is 1. The number of hydrogen-bond acceptors (Lipinski definition) is 4. The van der Waals surface area contributed by atoms with E-state index in [-0.39, 0.29) is 0 Å². The molecule has 1 heterocycles. The van der Waals surface area contributed by atoms with Crippen LogP contribution in [0.2, 0.25) is 0 Å². The standard InChI is InChI=1S/C23H21N3O/c1-17-9-5-7-13-20(17)23-25-22(27-26-23)16-24-21-14-8-6-12-19(21)15-18-10-3-2-4-11-18/h2-14,24H,15-16H2,1H3. The lowest BCUT2D eigenvalue weighted by atomic mass is 10.0. The first-order chi connectivity index (χ1) is 13.3. The molecular formula is C23H21N3O. The van der Waals surface area contributed by atoms with E-state index in [1.54, 1.807) is 0 Å². The number of rotatable bonds is 6. The summed E-state index contributed by atoms with van der Waals surface area (Å²) in [5.74, 6) is 1.20. The van der Waals surface area contributed by atoms with Crippen LogP contribution in [-0.4, -0.2) is 10.1 Å². The van der Waals surface area contributed by atoms with Crippen molar-refractivity contribution in [2.75, 3.05) is 5.32 Å². The predicted molar refractivity (Wildman–Crippen MR) is 107 cm³/mol. The molecule has 3 aromatic carbocycles. The molecule has 134 valence electrons. The summed E-state index contributed by atoms with van der Waals surface area (Å²) in [5.41, 5.74) is 5.73. The first-order valence-corrected chi connectivity index (χ1v) is 9.04. The summed E-state index contributed by atoms with van der Waals surface area (Å²) in [4.78, 5) is 4.53. The van der Waals surface area contributed by atoms with Crippen LogP contribution in [0.4, 0.5) is 5.69 Å². The molecule has 27 heavy (non-hydrogen) atoms. The Morgan fingerprint density at radius 1 is 0.852 bits per heavy atom. The normalized spacial score (nSPS) is 10.7. The minimum atomic E-state index is 0.491. The molecule has 0 spiro atoms. The Morgan fingerprint density at radius 2 is 1.59 bits per heavy atom. The summed E-state index contributed by atoms with van der Waals surface area (Å²) in [5, 5.41) is 7.56. The van der Waals surface area contributed by atoms with Gasteiger partial charge in [0.05, 0.1) is 6.54 Å². The van der Waals surface area contributed by atoms with Crippen LogP contribution in [0.25, 0.3) is 11.4 Å². The number of nitrogens with zero attached hydrogens (tertiary/aromatic N) is 2. The van der Waals surface area contributed by atoms with Crippen molar-refractivity contribution in [1.82, 2.24) is 10.1 Å². The molecule has 4 nitrogen and oxygen atoms in total. The van der Waals surface area contributed by atoms with Crippen molar-refractivity contribution in [3.05, 3.63) is 101 Å². The van der Waals surface area contributed by atoms with Crippen molar-refractivity contribution in [2.24, 2.45) is 0 Å². The zero-order valence-corrected chi connectivity index (χ0v) is 15.2. The Kier molecular flexibility index (Phi) is 4.97. The van der Waals surface area contributed by atoms with Gasteiger partial charge in [-0.05, 0) is 36.1 Å². The van der Waals surface area contributed by atoms with Gasteiger partial charge in [-0.3, -0.25) is 0 Å². The fraction of sp³-hybridized carbons (Fsp3) is 0.130. The molecule has 0 atom stereocenters. The second-order valence-corrected chi connectivity index (χ2v) is 6.50. The number of aromatic nitrogens is 2. The summed E-state index contributed by atoms with van der Waals surface area (Å²) < 4.78 is 5.43. The Bertz CT molecular complexity index is 1020. The van der Waals surface area contributed by atoms with Crippen molar-refractivity contribution in [3.63, 3.8) is 0 Å². The largest absolute Gasteiger partial charge is 0.376 e. The Morgan fingerprint density at radius 3 is 2.44 bits per heavy atom.